The van der Waals surface area contributed by atoms with Crippen LogP contribution in [-0.2, 0) is 4.74 Å². The van der Waals surface area contributed by atoms with E-state index in [-0.39, 0.29) is 0 Å². The Morgan fingerprint density at radius 1 is 1.38 bits per heavy atom. The topological polar surface area (TPSA) is 60.5 Å². The Bertz CT molecular complexity index is 652. The Kier molecular flexibility index (Phi) is 4.80. The molecule has 0 radical (unpaired) electrons. The van der Waals surface area contributed by atoms with E-state index in [1.54, 1.807) is 14.0 Å². The Morgan fingerprint density at radius 2 is 2.14 bits per heavy atom. The lowest BCUT2D eigenvalue weighted by atomic mass is 10.1. The molecular formula is C15H18N2O3S. The molecular weight excluding hydrogens is 288 g/mol. The quantitative estimate of drug-likeness (QED) is 0.927. The molecule has 2 rings (SSSR count). The van der Waals surface area contributed by atoms with Crippen molar-refractivity contribution in [3.63, 3.8) is 0 Å². The minimum absolute atomic E-state index is 0.334. The van der Waals surface area contributed by atoms with Crippen molar-refractivity contribution in [2.75, 3.05) is 19.0 Å². The number of carbonyl (C=O) groups is 1. The lowest BCUT2D eigenvalue weighted by Gasteiger charge is -2.06. The van der Waals surface area contributed by atoms with Crippen LogP contribution in [0.2, 0.25) is 0 Å². The summed E-state index contributed by atoms with van der Waals surface area (Å²) < 4.78 is 10.1. The van der Waals surface area contributed by atoms with Crippen LogP contribution in [0.5, 0.6) is 5.75 Å². The molecule has 6 heteroatoms. The number of aromatic nitrogens is 1. The first-order valence-electron chi connectivity index (χ1n) is 6.61. The van der Waals surface area contributed by atoms with Gasteiger partial charge in [-0.05, 0) is 44.5 Å². The summed E-state index contributed by atoms with van der Waals surface area (Å²) in [6.07, 6.45) is -0.483. The van der Waals surface area contributed by atoms with Gasteiger partial charge in [0.15, 0.2) is 5.13 Å². The second kappa shape index (κ2) is 6.58. The van der Waals surface area contributed by atoms with E-state index in [2.05, 4.69) is 10.3 Å². The highest BCUT2D eigenvalue weighted by molar-refractivity contribution is 7.16. The summed E-state index contributed by atoms with van der Waals surface area (Å²) in [7, 11) is 1.65. The molecule has 0 saturated heterocycles. The summed E-state index contributed by atoms with van der Waals surface area (Å²) in [6.45, 7) is 6.06. The molecule has 1 aromatic heterocycles. The van der Waals surface area contributed by atoms with E-state index in [9.17, 15) is 4.79 Å². The maximum atomic E-state index is 11.4. The lowest BCUT2D eigenvalue weighted by Crippen LogP contribution is -2.12. The van der Waals surface area contributed by atoms with Crippen molar-refractivity contribution in [2.45, 2.75) is 20.8 Å². The number of methoxy groups -OCH3 is 1. The number of hydrogen-bond acceptors (Lipinski definition) is 5. The van der Waals surface area contributed by atoms with Crippen molar-refractivity contribution in [2.24, 2.45) is 0 Å². The molecule has 1 aromatic carbocycles. The van der Waals surface area contributed by atoms with Gasteiger partial charge in [-0.1, -0.05) is 0 Å². The van der Waals surface area contributed by atoms with Crippen LogP contribution in [-0.4, -0.2) is 24.8 Å². The third-order valence-corrected chi connectivity index (χ3v) is 3.84. The van der Waals surface area contributed by atoms with Gasteiger partial charge in [0, 0.05) is 10.4 Å². The van der Waals surface area contributed by atoms with Crippen LogP contribution < -0.4 is 10.1 Å². The van der Waals surface area contributed by atoms with Crippen LogP contribution in [0.25, 0.3) is 11.3 Å². The number of anilines is 1. The molecule has 0 saturated carbocycles. The molecule has 21 heavy (non-hydrogen) atoms. The van der Waals surface area contributed by atoms with E-state index in [1.165, 1.54) is 11.3 Å². The minimum Gasteiger partial charge on any atom is -0.496 e. The van der Waals surface area contributed by atoms with Gasteiger partial charge in [-0.2, -0.15) is 0 Å². The van der Waals surface area contributed by atoms with Crippen molar-refractivity contribution in [3.05, 3.63) is 28.6 Å². The van der Waals surface area contributed by atoms with Crippen molar-refractivity contribution in [1.29, 1.82) is 0 Å². The number of nitrogens with one attached hydrogen (secondary N) is 1. The predicted octanol–water partition coefficient (Wildman–Crippen LogP) is 4.00. The third kappa shape index (κ3) is 3.52. The summed E-state index contributed by atoms with van der Waals surface area (Å²) in [5.74, 6) is 0.844. The van der Waals surface area contributed by atoms with Crippen molar-refractivity contribution in [1.82, 2.24) is 4.98 Å². The molecule has 1 N–H and O–H groups in total. The molecule has 0 aliphatic heterocycles. The molecule has 0 aliphatic carbocycles. The fourth-order valence-electron chi connectivity index (χ4n) is 2.00. The van der Waals surface area contributed by atoms with Crippen LogP contribution >= 0.6 is 11.3 Å². The van der Waals surface area contributed by atoms with Gasteiger partial charge in [0.2, 0.25) is 0 Å². The summed E-state index contributed by atoms with van der Waals surface area (Å²) in [6, 6.07) is 5.90. The zero-order valence-electron chi connectivity index (χ0n) is 12.5. The van der Waals surface area contributed by atoms with Crippen molar-refractivity contribution >= 4 is 22.6 Å². The molecule has 0 spiro atoms. The smallest absolute Gasteiger partial charge is 0.413 e. The van der Waals surface area contributed by atoms with E-state index in [0.29, 0.717) is 11.7 Å². The number of hydrogen-bond donors (Lipinski definition) is 1. The highest BCUT2D eigenvalue weighted by Crippen LogP contribution is 2.32. The van der Waals surface area contributed by atoms with E-state index in [4.69, 9.17) is 9.47 Å². The number of ether oxygens (including phenoxy) is 2. The first-order chi connectivity index (χ1) is 10.0. The molecule has 0 atom stereocenters. The van der Waals surface area contributed by atoms with Gasteiger partial charge in [-0.15, -0.1) is 11.3 Å². The van der Waals surface area contributed by atoms with Gasteiger partial charge < -0.3 is 9.47 Å². The van der Waals surface area contributed by atoms with Crippen molar-refractivity contribution in [3.8, 4) is 17.0 Å². The fourth-order valence-corrected chi connectivity index (χ4v) is 2.82. The van der Waals surface area contributed by atoms with Gasteiger partial charge >= 0.3 is 6.09 Å². The number of carbonyl (C=O) groups excluding carboxylic acids is 1. The molecule has 0 unspecified atom stereocenters. The minimum atomic E-state index is -0.483. The van der Waals surface area contributed by atoms with Crippen LogP contribution in [0.15, 0.2) is 18.2 Å². The summed E-state index contributed by atoms with van der Waals surface area (Å²) in [4.78, 5) is 16.9. The molecule has 0 bridgehead atoms. The maximum absolute atomic E-state index is 11.4. The van der Waals surface area contributed by atoms with Crippen LogP contribution in [0.3, 0.4) is 0 Å². The number of amides is 1. The van der Waals surface area contributed by atoms with E-state index in [1.807, 2.05) is 32.0 Å². The fraction of sp³-hybridized carbons (Fsp3) is 0.333. The summed E-state index contributed by atoms with van der Waals surface area (Å²) in [5.41, 5.74) is 2.90. The van der Waals surface area contributed by atoms with Crippen LogP contribution in [0, 0.1) is 13.8 Å². The number of nitrogens with zero attached hydrogens (tertiary/aromatic N) is 1. The Hall–Kier alpha value is -2.08. The largest absolute Gasteiger partial charge is 0.496 e. The zero-order valence-corrected chi connectivity index (χ0v) is 13.3. The second-order valence-electron chi connectivity index (χ2n) is 4.45. The normalized spacial score (nSPS) is 10.3. The Balaban J connectivity index is 2.26. The standard InChI is InChI=1S/C15H18N2O3S/c1-5-20-15(18)17-14-16-13(10(3)21-14)11-6-7-12(19-4)9(2)8-11/h6-8H,5H2,1-4H3,(H,16,17,18). The first-order valence-corrected chi connectivity index (χ1v) is 7.43. The summed E-state index contributed by atoms with van der Waals surface area (Å²) in [5, 5.41) is 3.17. The lowest BCUT2D eigenvalue weighted by molar-refractivity contribution is 0.168. The second-order valence-corrected chi connectivity index (χ2v) is 5.66. The predicted molar refractivity (Wildman–Crippen MR) is 84.2 cm³/mol. The molecule has 0 fully saturated rings. The monoisotopic (exact) mass is 306 g/mol. The zero-order chi connectivity index (χ0) is 15.4. The van der Waals surface area contributed by atoms with Gasteiger partial charge in [-0.25, -0.2) is 9.78 Å². The highest BCUT2D eigenvalue weighted by atomic mass is 32.1. The highest BCUT2D eigenvalue weighted by Gasteiger charge is 2.13. The van der Waals surface area contributed by atoms with Gasteiger partial charge in [-0.3, -0.25) is 5.32 Å². The Labute approximate surface area is 127 Å². The molecule has 5 nitrogen and oxygen atoms in total. The van der Waals surface area contributed by atoms with Gasteiger partial charge in [0.1, 0.15) is 5.75 Å². The number of thiazole rings is 1. The van der Waals surface area contributed by atoms with E-state index < -0.39 is 6.09 Å². The SMILES string of the molecule is CCOC(=O)Nc1nc(-c2ccc(OC)c(C)c2)c(C)s1. The Morgan fingerprint density at radius 3 is 2.76 bits per heavy atom. The van der Waals surface area contributed by atoms with Crippen molar-refractivity contribution < 1.29 is 14.3 Å². The summed E-state index contributed by atoms with van der Waals surface area (Å²) >= 11 is 1.42. The number of benzene rings is 1. The van der Waals surface area contributed by atoms with Crippen LogP contribution in [0.4, 0.5) is 9.93 Å². The molecule has 1 heterocycles. The van der Waals surface area contributed by atoms with E-state index >= 15 is 0 Å². The first kappa shape index (κ1) is 15.3. The third-order valence-electron chi connectivity index (χ3n) is 2.95. The molecule has 1 amide bonds. The number of aryl methyl sites for hydroxylation is 2. The molecule has 2 aromatic rings. The molecule has 112 valence electrons. The maximum Gasteiger partial charge on any atom is 0.413 e. The van der Waals surface area contributed by atoms with Crippen LogP contribution in [0.1, 0.15) is 17.4 Å². The van der Waals surface area contributed by atoms with E-state index in [0.717, 1.165) is 27.4 Å². The average molecular weight is 306 g/mol. The average Bonchev–Trinajstić information content (AvgIpc) is 2.79. The molecule has 0 aliphatic rings. The van der Waals surface area contributed by atoms with Gasteiger partial charge in [0.05, 0.1) is 19.4 Å². The van der Waals surface area contributed by atoms with Gasteiger partial charge in [0.25, 0.3) is 0 Å². The number of rotatable bonds is 4.